The number of pyridine rings is 1. The number of hydrogen-bond acceptors (Lipinski definition) is 4. The number of nitrogens with one attached hydrogen (secondary N) is 1. The van der Waals surface area contributed by atoms with Crippen molar-refractivity contribution in [1.82, 2.24) is 4.98 Å². The molecule has 3 rings (SSSR count). The highest BCUT2D eigenvalue weighted by Gasteiger charge is 2.14. The summed E-state index contributed by atoms with van der Waals surface area (Å²) in [6.45, 7) is 1.96. The van der Waals surface area contributed by atoms with Crippen molar-refractivity contribution in [3.05, 3.63) is 88.6 Å². The number of benzene rings is 2. The lowest BCUT2D eigenvalue weighted by atomic mass is 9.98. The fourth-order valence-electron chi connectivity index (χ4n) is 2.46. The SMILES string of the molecule is Cc1ccccc1/C(=N/O)c1ccc(Nc2ccccn2)cc1Cl. The molecule has 2 N–H and O–H groups in total. The van der Waals surface area contributed by atoms with E-state index in [-0.39, 0.29) is 0 Å². The van der Waals surface area contributed by atoms with Gasteiger partial charge < -0.3 is 10.5 Å². The van der Waals surface area contributed by atoms with Crippen molar-refractivity contribution in [3.8, 4) is 0 Å². The van der Waals surface area contributed by atoms with Gasteiger partial charge in [-0.2, -0.15) is 0 Å². The summed E-state index contributed by atoms with van der Waals surface area (Å²) < 4.78 is 0. The average Bonchev–Trinajstić information content (AvgIpc) is 2.60. The third-order valence-corrected chi connectivity index (χ3v) is 3.97. The standard InChI is InChI=1S/C19H16ClN3O/c1-13-6-2-3-7-15(13)19(23-24)16-10-9-14(12-17(16)20)22-18-8-4-5-11-21-18/h2-12,24H,1H3,(H,21,22)/b23-19-. The van der Waals surface area contributed by atoms with Crippen molar-refractivity contribution in [1.29, 1.82) is 0 Å². The molecule has 1 heterocycles. The lowest BCUT2D eigenvalue weighted by Gasteiger charge is -2.12. The Balaban J connectivity index is 1.93. The first-order valence-electron chi connectivity index (χ1n) is 7.45. The largest absolute Gasteiger partial charge is 0.410 e. The molecule has 4 nitrogen and oxygen atoms in total. The Morgan fingerprint density at radius 3 is 2.50 bits per heavy atom. The van der Waals surface area contributed by atoms with Crippen molar-refractivity contribution in [2.45, 2.75) is 6.92 Å². The average molecular weight is 338 g/mol. The molecule has 24 heavy (non-hydrogen) atoms. The molecule has 0 aliphatic rings. The number of anilines is 2. The van der Waals surface area contributed by atoms with Crippen LogP contribution in [0.3, 0.4) is 0 Å². The molecule has 0 aliphatic carbocycles. The van der Waals surface area contributed by atoms with Crippen molar-refractivity contribution in [2.75, 3.05) is 5.32 Å². The Morgan fingerprint density at radius 1 is 1.04 bits per heavy atom. The Labute approximate surface area is 145 Å². The Kier molecular flexibility index (Phi) is 4.77. The van der Waals surface area contributed by atoms with E-state index >= 15 is 0 Å². The van der Waals surface area contributed by atoms with Gasteiger partial charge in [0.05, 0.1) is 5.02 Å². The van der Waals surface area contributed by atoms with Crippen LogP contribution in [0.1, 0.15) is 16.7 Å². The molecule has 0 saturated carbocycles. The van der Waals surface area contributed by atoms with Gasteiger partial charge in [-0.3, -0.25) is 0 Å². The third kappa shape index (κ3) is 3.39. The first-order chi connectivity index (χ1) is 11.7. The summed E-state index contributed by atoms with van der Waals surface area (Å²) in [7, 11) is 0. The second kappa shape index (κ2) is 7.15. The number of hydrogen-bond donors (Lipinski definition) is 2. The highest BCUT2D eigenvalue weighted by molar-refractivity contribution is 6.35. The molecule has 120 valence electrons. The van der Waals surface area contributed by atoms with Crippen LogP contribution in [0.15, 0.2) is 72.0 Å². The monoisotopic (exact) mass is 337 g/mol. The van der Waals surface area contributed by atoms with E-state index in [0.29, 0.717) is 16.3 Å². The Hall–Kier alpha value is -2.85. The lowest BCUT2D eigenvalue weighted by molar-refractivity contribution is 0.319. The van der Waals surface area contributed by atoms with E-state index < -0.39 is 0 Å². The van der Waals surface area contributed by atoms with Crippen molar-refractivity contribution >= 4 is 28.8 Å². The lowest BCUT2D eigenvalue weighted by Crippen LogP contribution is -2.06. The normalized spacial score (nSPS) is 11.3. The minimum absolute atomic E-state index is 0.447. The molecule has 0 spiro atoms. The predicted octanol–water partition coefficient (Wildman–Crippen LogP) is 5.01. The highest BCUT2D eigenvalue weighted by atomic mass is 35.5. The maximum Gasteiger partial charge on any atom is 0.130 e. The van der Waals surface area contributed by atoms with Crippen LogP contribution >= 0.6 is 11.6 Å². The van der Waals surface area contributed by atoms with Crippen molar-refractivity contribution in [3.63, 3.8) is 0 Å². The first-order valence-corrected chi connectivity index (χ1v) is 7.83. The Bertz CT molecular complexity index is 879. The highest BCUT2D eigenvalue weighted by Crippen LogP contribution is 2.26. The number of nitrogens with zero attached hydrogens (tertiary/aromatic N) is 2. The van der Waals surface area contributed by atoms with Crippen molar-refractivity contribution in [2.24, 2.45) is 5.16 Å². The van der Waals surface area contributed by atoms with Crippen LogP contribution in [0.25, 0.3) is 0 Å². The van der Waals surface area contributed by atoms with Crippen LogP contribution in [0.2, 0.25) is 5.02 Å². The van der Waals surface area contributed by atoms with E-state index in [1.54, 1.807) is 12.3 Å². The molecule has 0 atom stereocenters. The topological polar surface area (TPSA) is 57.5 Å². The van der Waals surface area contributed by atoms with Gasteiger partial charge in [0.15, 0.2) is 0 Å². The van der Waals surface area contributed by atoms with E-state index in [1.165, 1.54) is 0 Å². The molecule has 3 aromatic rings. The van der Waals surface area contributed by atoms with Crippen LogP contribution < -0.4 is 5.32 Å². The van der Waals surface area contributed by atoms with Gasteiger partial charge in [0, 0.05) is 23.0 Å². The summed E-state index contributed by atoms with van der Waals surface area (Å²) in [5, 5.41) is 16.6. The van der Waals surface area contributed by atoms with Crippen molar-refractivity contribution < 1.29 is 5.21 Å². The van der Waals surface area contributed by atoms with Crippen LogP contribution in [0.5, 0.6) is 0 Å². The number of halogens is 1. The Morgan fingerprint density at radius 2 is 1.83 bits per heavy atom. The molecular weight excluding hydrogens is 322 g/mol. The van der Waals surface area contributed by atoms with Crippen LogP contribution in [-0.2, 0) is 0 Å². The molecule has 0 unspecified atom stereocenters. The van der Waals surface area contributed by atoms with E-state index in [1.807, 2.05) is 61.5 Å². The molecule has 0 bridgehead atoms. The summed E-state index contributed by atoms with van der Waals surface area (Å²) in [5.41, 5.74) is 3.77. The molecule has 1 aromatic heterocycles. The van der Waals surface area contributed by atoms with Gasteiger partial charge >= 0.3 is 0 Å². The summed E-state index contributed by atoms with van der Waals surface area (Å²) >= 11 is 6.42. The van der Waals surface area contributed by atoms with Crippen LogP contribution in [-0.4, -0.2) is 15.9 Å². The van der Waals surface area contributed by atoms with Gasteiger partial charge in [0.1, 0.15) is 11.5 Å². The van der Waals surface area contributed by atoms with Gasteiger partial charge in [0.25, 0.3) is 0 Å². The second-order valence-electron chi connectivity index (χ2n) is 5.30. The minimum Gasteiger partial charge on any atom is -0.410 e. The fraction of sp³-hybridized carbons (Fsp3) is 0.0526. The summed E-state index contributed by atoms with van der Waals surface area (Å²) in [6, 6.07) is 18.8. The smallest absolute Gasteiger partial charge is 0.130 e. The summed E-state index contributed by atoms with van der Waals surface area (Å²) in [5.74, 6) is 0.733. The number of rotatable bonds is 4. The quantitative estimate of drug-likeness (QED) is 0.399. The molecule has 0 radical (unpaired) electrons. The molecule has 0 aliphatic heterocycles. The molecular formula is C19H16ClN3O. The van der Waals surface area contributed by atoms with E-state index in [4.69, 9.17) is 11.6 Å². The van der Waals surface area contributed by atoms with Crippen LogP contribution in [0, 0.1) is 6.92 Å². The van der Waals surface area contributed by atoms with Gasteiger partial charge in [-0.15, -0.1) is 0 Å². The summed E-state index contributed by atoms with van der Waals surface area (Å²) in [6.07, 6.45) is 1.72. The molecule has 0 fully saturated rings. The van der Waals surface area contributed by atoms with Crippen LogP contribution in [0.4, 0.5) is 11.5 Å². The number of oxime groups is 1. The fourth-order valence-corrected chi connectivity index (χ4v) is 2.73. The minimum atomic E-state index is 0.447. The van der Waals surface area contributed by atoms with Gasteiger partial charge in [-0.05, 0) is 42.8 Å². The maximum absolute atomic E-state index is 9.49. The summed E-state index contributed by atoms with van der Waals surface area (Å²) in [4.78, 5) is 4.22. The molecule has 0 amide bonds. The maximum atomic E-state index is 9.49. The zero-order chi connectivity index (χ0) is 16.9. The number of aryl methyl sites for hydroxylation is 1. The first kappa shape index (κ1) is 16.0. The zero-order valence-corrected chi connectivity index (χ0v) is 13.8. The molecule has 5 heteroatoms. The predicted molar refractivity (Wildman–Crippen MR) is 97.6 cm³/mol. The zero-order valence-electron chi connectivity index (χ0n) is 13.1. The van der Waals surface area contributed by atoms with E-state index in [0.717, 1.165) is 22.6 Å². The van der Waals surface area contributed by atoms with E-state index in [2.05, 4.69) is 15.5 Å². The van der Waals surface area contributed by atoms with Gasteiger partial charge in [-0.25, -0.2) is 4.98 Å². The molecule has 0 saturated heterocycles. The van der Waals surface area contributed by atoms with E-state index in [9.17, 15) is 5.21 Å². The number of aromatic nitrogens is 1. The third-order valence-electron chi connectivity index (χ3n) is 3.66. The second-order valence-corrected chi connectivity index (χ2v) is 5.71. The van der Waals surface area contributed by atoms with Gasteiger partial charge in [0.2, 0.25) is 0 Å². The molecule has 2 aromatic carbocycles. The van der Waals surface area contributed by atoms with Gasteiger partial charge in [-0.1, -0.05) is 47.1 Å².